The lowest BCUT2D eigenvalue weighted by molar-refractivity contribution is 0.0881. The first kappa shape index (κ1) is 15.8. The average molecular weight is 267 g/mol. The first-order chi connectivity index (χ1) is 9.02. The second-order valence-corrected chi connectivity index (χ2v) is 5.06. The quantitative estimate of drug-likeness (QED) is 0.678. The minimum atomic E-state index is -0.377. The van der Waals surface area contributed by atoms with Crippen LogP contribution >= 0.6 is 0 Å². The van der Waals surface area contributed by atoms with Gasteiger partial charge in [0.2, 0.25) is 0 Å². The summed E-state index contributed by atoms with van der Waals surface area (Å²) < 4.78 is 18.1. The van der Waals surface area contributed by atoms with Gasteiger partial charge in [0.15, 0.2) is 5.78 Å². The Bertz CT molecular complexity index is 407. The third-order valence-corrected chi connectivity index (χ3v) is 2.75. The number of rotatable bonds is 8. The van der Waals surface area contributed by atoms with E-state index in [0.29, 0.717) is 31.2 Å². The Morgan fingerprint density at radius 1 is 1.42 bits per heavy atom. The van der Waals surface area contributed by atoms with E-state index in [0.717, 1.165) is 6.54 Å². The van der Waals surface area contributed by atoms with Crippen LogP contribution in [0.1, 0.15) is 24.2 Å². The molecule has 3 nitrogen and oxygen atoms in total. The van der Waals surface area contributed by atoms with Gasteiger partial charge in [0, 0.05) is 25.8 Å². The van der Waals surface area contributed by atoms with Gasteiger partial charge in [-0.1, -0.05) is 26.0 Å². The third-order valence-electron chi connectivity index (χ3n) is 2.75. The van der Waals surface area contributed by atoms with Crippen molar-refractivity contribution in [3.05, 3.63) is 35.6 Å². The van der Waals surface area contributed by atoms with Gasteiger partial charge < -0.3 is 4.74 Å². The van der Waals surface area contributed by atoms with E-state index in [9.17, 15) is 9.18 Å². The molecule has 0 radical (unpaired) electrons. The minimum absolute atomic E-state index is 0.0590. The molecule has 0 fully saturated rings. The van der Waals surface area contributed by atoms with Gasteiger partial charge in [0.1, 0.15) is 5.82 Å². The number of hydrogen-bond donors (Lipinski definition) is 0. The van der Waals surface area contributed by atoms with Crippen LogP contribution in [0.4, 0.5) is 4.39 Å². The molecule has 4 heteroatoms. The van der Waals surface area contributed by atoms with Crippen LogP contribution < -0.4 is 0 Å². The lowest BCUT2D eigenvalue weighted by Crippen LogP contribution is -2.35. The maximum Gasteiger partial charge on any atom is 0.176 e. The van der Waals surface area contributed by atoms with Crippen LogP contribution in [0.5, 0.6) is 0 Å². The van der Waals surface area contributed by atoms with Gasteiger partial charge in [-0.25, -0.2) is 4.39 Å². The highest BCUT2D eigenvalue weighted by molar-refractivity contribution is 5.97. The molecule has 0 aromatic heterocycles. The Balaban J connectivity index is 2.64. The van der Waals surface area contributed by atoms with Crippen molar-refractivity contribution < 1.29 is 13.9 Å². The molecule has 0 spiro atoms. The van der Waals surface area contributed by atoms with E-state index in [-0.39, 0.29) is 11.6 Å². The Labute approximate surface area is 114 Å². The Kier molecular flexibility index (Phi) is 6.67. The molecule has 0 unspecified atom stereocenters. The van der Waals surface area contributed by atoms with Crippen molar-refractivity contribution in [2.45, 2.75) is 13.8 Å². The average Bonchev–Trinajstić information content (AvgIpc) is 2.35. The summed E-state index contributed by atoms with van der Waals surface area (Å²) in [6.07, 6.45) is 0. The molecule has 0 saturated heterocycles. The lowest BCUT2D eigenvalue weighted by atomic mass is 10.1. The normalized spacial score (nSPS) is 11.3. The van der Waals surface area contributed by atoms with Crippen LogP contribution in [-0.2, 0) is 4.74 Å². The molecule has 0 aliphatic carbocycles. The van der Waals surface area contributed by atoms with Gasteiger partial charge in [-0.2, -0.15) is 0 Å². The zero-order valence-electron chi connectivity index (χ0n) is 11.9. The van der Waals surface area contributed by atoms with Crippen molar-refractivity contribution in [1.82, 2.24) is 4.90 Å². The molecule has 0 amide bonds. The van der Waals surface area contributed by atoms with E-state index >= 15 is 0 Å². The van der Waals surface area contributed by atoms with E-state index in [2.05, 4.69) is 13.8 Å². The van der Waals surface area contributed by atoms with Crippen molar-refractivity contribution >= 4 is 5.78 Å². The fraction of sp³-hybridized carbons (Fsp3) is 0.533. The van der Waals surface area contributed by atoms with Crippen LogP contribution in [0.15, 0.2) is 24.3 Å². The van der Waals surface area contributed by atoms with Crippen LogP contribution in [0.25, 0.3) is 0 Å². The lowest BCUT2D eigenvalue weighted by Gasteiger charge is -2.23. The van der Waals surface area contributed by atoms with Crippen molar-refractivity contribution in [1.29, 1.82) is 0 Å². The fourth-order valence-electron chi connectivity index (χ4n) is 1.93. The molecular formula is C15H22FNO2. The Morgan fingerprint density at radius 2 is 2.16 bits per heavy atom. The summed E-state index contributed by atoms with van der Waals surface area (Å²) in [5.41, 5.74) is 0.422. The summed E-state index contributed by atoms with van der Waals surface area (Å²) in [5, 5.41) is 0. The Hall–Kier alpha value is -1.26. The van der Waals surface area contributed by atoms with Gasteiger partial charge in [-0.05, 0) is 18.1 Å². The van der Waals surface area contributed by atoms with E-state index in [1.165, 1.54) is 12.1 Å². The number of methoxy groups -OCH3 is 1. The van der Waals surface area contributed by atoms with Crippen molar-refractivity contribution in [2.75, 3.05) is 33.4 Å². The first-order valence-corrected chi connectivity index (χ1v) is 6.53. The molecule has 1 aromatic rings. The predicted molar refractivity (Wildman–Crippen MR) is 73.9 cm³/mol. The molecule has 0 bridgehead atoms. The highest BCUT2D eigenvalue weighted by atomic mass is 19.1. The second-order valence-electron chi connectivity index (χ2n) is 5.06. The standard InChI is InChI=1S/C15H22FNO2/c1-12(2)10-17(7-8-19-3)11-15(18)13-5-4-6-14(16)9-13/h4-6,9,12H,7-8,10-11H2,1-3H3. The molecule has 1 rings (SSSR count). The van der Waals surface area contributed by atoms with Crippen molar-refractivity contribution in [3.8, 4) is 0 Å². The number of ether oxygens (including phenoxy) is 1. The van der Waals surface area contributed by atoms with Gasteiger partial charge in [-0.3, -0.25) is 9.69 Å². The molecule has 0 saturated carbocycles. The number of hydrogen-bond acceptors (Lipinski definition) is 3. The molecular weight excluding hydrogens is 245 g/mol. The maximum absolute atomic E-state index is 13.1. The van der Waals surface area contributed by atoms with E-state index in [1.54, 1.807) is 19.2 Å². The number of Topliss-reactive ketones (excluding diaryl/α,β-unsaturated/α-hetero) is 1. The molecule has 0 aliphatic rings. The van der Waals surface area contributed by atoms with E-state index in [4.69, 9.17) is 4.74 Å². The summed E-state index contributed by atoms with van der Waals surface area (Å²) in [6, 6.07) is 5.83. The summed E-state index contributed by atoms with van der Waals surface area (Å²) in [7, 11) is 1.64. The molecule has 106 valence electrons. The van der Waals surface area contributed by atoms with Gasteiger partial charge in [0.25, 0.3) is 0 Å². The van der Waals surface area contributed by atoms with Crippen LogP contribution in [-0.4, -0.2) is 44.0 Å². The smallest absolute Gasteiger partial charge is 0.176 e. The largest absolute Gasteiger partial charge is 0.383 e. The summed E-state index contributed by atoms with van der Waals surface area (Å²) in [4.78, 5) is 14.1. The second kappa shape index (κ2) is 8.02. The highest BCUT2D eigenvalue weighted by Gasteiger charge is 2.14. The predicted octanol–water partition coefficient (Wildman–Crippen LogP) is 2.61. The highest BCUT2D eigenvalue weighted by Crippen LogP contribution is 2.07. The minimum Gasteiger partial charge on any atom is -0.383 e. The van der Waals surface area contributed by atoms with E-state index in [1.807, 2.05) is 4.90 Å². The van der Waals surface area contributed by atoms with Crippen LogP contribution in [0.3, 0.4) is 0 Å². The van der Waals surface area contributed by atoms with Crippen molar-refractivity contribution in [3.63, 3.8) is 0 Å². The maximum atomic E-state index is 13.1. The zero-order valence-corrected chi connectivity index (χ0v) is 11.9. The number of carbonyl (C=O) groups excluding carboxylic acids is 1. The van der Waals surface area contributed by atoms with Gasteiger partial charge in [-0.15, -0.1) is 0 Å². The summed E-state index contributed by atoms with van der Waals surface area (Å²) in [5.74, 6) is 0.0339. The number of carbonyl (C=O) groups is 1. The third kappa shape index (κ3) is 5.94. The summed E-state index contributed by atoms with van der Waals surface area (Å²) in [6.45, 7) is 6.62. The topological polar surface area (TPSA) is 29.5 Å². The molecule has 0 atom stereocenters. The summed E-state index contributed by atoms with van der Waals surface area (Å²) >= 11 is 0. The molecule has 1 aromatic carbocycles. The molecule has 0 N–H and O–H groups in total. The monoisotopic (exact) mass is 267 g/mol. The Morgan fingerprint density at radius 3 is 2.74 bits per heavy atom. The molecule has 0 aliphatic heterocycles. The van der Waals surface area contributed by atoms with E-state index < -0.39 is 0 Å². The number of benzene rings is 1. The zero-order chi connectivity index (χ0) is 14.3. The van der Waals surface area contributed by atoms with Gasteiger partial charge >= 0.3 is 0 Å². The van der Waals surface area contributed by atoms with Crippen molar-refractivity contribution in [2.24, 2.45) is 5.92 Å². The van der Waals surface area contributed by atoms with Crippen LogP contribution in [0.2, 0.25) is 0 Å². The number of ketones is 1. The molecule has 19 heavy (non-hydrogen) atoms. The molecule has 0 heterocycles. The van der Waals surface area contributed by atoms with Gasteiger partial charge in [0.05, 0.1) is 13.2 Å². The first-order valence-electron chi connectivity index (χ1n) is 6.53. The number of halogens is 1. The fourth-order valence-corrected chi connectivity index (χ4v) is 1.93. The number of nitrogens with zero attached hydrogens (tertiary/aromatic N) is 1. The van der Waals surface area contributed by atoms with Crippen LogP contribution in [0, 0.1) is 11.7 Å². The SMILES string of the molecule is COCCN(CC(=O)c1cccc(F)c1)CC(C)C.